The molecule has 1 unspecified atom stereocenters. The second-order valence-electron chi connectivity index (χ2n) is 7.90. The van der Waals surface area contributed by atoms with Crippen molar-refractivity contribution in [3.05, 3.63) is 81.2 Å². The molecular weight excluding hydrogens is 538 g/mol. The van der Waals surface area contributed by atoms with Gasteiger partial charge in [-0.3, -0.25) is 9.59 Å². The molecule has 0 aliphatic carbocycles. The van der Waals surface area contributed by atoms with Gasteiger partial charge in [-0.15, -0.1) is 0 Å². The summed E-state index contributed by atoms with van der Waals surface area (Å²) in [6.07, 6.45) is -0.311. The van der Waals surface area contributed by atoms with E-state index in [0.29, 0.717) is 34.2 Å². The quantitative estimate of drug-likeness (QED) is 0.373. The smallest absolute Gasteiger partial charge is 0.269 e. The van der Waals surface area contributed by atoms with Crippen molar-refractivity contribution in [2.75, 3.05) is 32.2 Å². The predicted molar refractivity (Wildman–Crippen MR) is 141 cm³/mol. The second kappa shape index (κ2) is 12.2. The van der Waals surface area contributed by atoms with Crippen molar-refractivity contribution >= 4 is 46.4 Å². The highest BCUT2D eigenvalue weighted by Gasteiger charge is 2.31. The zero-order valence-electron chi connectivity index (χ0n) is 20.4. The first kappa shape index (κ1) is 27.3. The summed E-state index contributed by atoms with van der Waals surface area (Å²) in [6.45, 7) is 2.33. The van der Waals surface area contributed by atoms with Crippen molar-refractivity contribution < 1.29 is 28.2 Å². The van der Waals surface area contributed by atoms with E-state index in [1.807, 2.05) is 0 Å². The summed E-state index contributed by atoms with van der Waals surface area (Å²) in [7, 11) is 1.47. The molecule has 0 saturated heterocycles. The Balaban J connectivity index is 1.79. The van der Waals surface area contributed by atoms with Gasteiger partial charge in [0.2, 0.25) is 12.0 Å². The van der Waals surface area contributed by atoms with Crippen LogP contribution < -0.4 is 20.1 Å². The van der Waals surface area contributed by atoms with Gasteiger partial charge in [-0.1, -0.05) is 41.4 Å². The van der Waals surface area contributed by atoms with E-state index >= 15 is 0 Å². The maximum atomic E-state index is 14.7. The molecule has 4 rings (SSSR count). The number of halogens is 3. The first-order valence-electron chi connectivity index (χ1n) is 11.5. The van der Waals surface area contributed by atoms with Crippen molar-refractivity contribution in [3.8, 4) is 11.6 Å². The molecule has 2 amide bonds. The Morgan fingerprint density at radius 1 is 1.16 bits per heavy atom. The SMILES string of the molecule is CCOc1cc(Cl)cc(Cl)c1C1=NC(NC(=O)c2c(F)ccnc2OCCOC)C(=O)Nc2ccccc21. The number of benzene rings is 2. The van der Waals surface area contributed by atoms with Crippen molar-refractivity contribution in [3.63, 3.8) is 0 Å². The summed E-state index contributed by atoms with van der Waals surface area (Å²) < 4.78 is 30.8. The van der Waals surface area contributed by atoms with Crippen molar-refractivity contribution in [1.29, 1.82) is 0 Å². The van der Waals surface area contributed by atoms with Crippen LogP contribution in [0.2, 0.25) is 10.0 Å². The minimum Gasteiger partial charge on any atom is -0.493 e. The first-order valence-corrected chi connectivity index (χ1v) is 12.3. The topological polar surface area (TPSA) is 111 Å². The molecule has 1 aromatic heterocycles. The normalized spacial score (nSPS) is 14.6. The number of pyridine rings is 1. The summed E-state index contributed by atoms with van der Waals surface area (Å²) >= 11 is 12.8. The lowest BCUT2D eigenvalue weighted by molar-refractivity contribution is -0.117. The summed E-state index contributed by atoms with van der Waals surface area (Å²) in [6, 6.07) is 11.0. The van der Waals surface area contributed by atoms with Crippen LogP contribution in [-0.4, -0.2) is 55.6 Å². The number of rotatable bonds is 9. The molecule has 38 heavy (non-hydrogen) atoms. The molecule has 0 radical (unpaired) electrons. The lowest BCUT2D eigenvalue weighted by Gasteiger charge is -2.17. The van der Waals surface area contributed by atoms with E-state index in [-0.39, 0.29) is 29.8 Å². The van der Waals surface area contributed by atoms with Crippen LogP contribution in [0.4, 0.5) is 10.1 Å². The highest BCUT2D eigenvalue weighted by Crippen LogP contribution is 2.36. The van der Waals surface area contributed by atoms with Crippen LogP contribution in [0.5, 0.6) is 11.6 Å². The predicted octanol–water partition coefficient (Wildman–Crippen LogP) is 4.50. The highest BCUT2D eigenvalue weighted by atomic mass is 35.5. The molecular formula is C26H23Cl2FN4O5. The van der Waals surface area contributed by atoms with Gasteiger partial charge in [-0.05, 0) is 31.2 Å². The number of aromatic nitrogens is 1. The number of amides is 2. The minimum absolute atomic E-state index is 0.0318. The third-order valence-corrected chi connectivity index (χ3v) is 5.90. The van der Waals surface area contributed by atoms with Gasteiger partial charge in [-0.2, -0.15) is 0 Å². The molecule has 198 valence electrons. The molecule has 1 aliphatic heterocycles. The van der Waals surface area contributed by atoms with E-state index in [1.54, 1.807) is 37.3 Å². The van der Waals surface area contributed by atoms with Gasteiger partial charge >= 0.3 is 0 Å². The van der Waals surface area contributed by atoms with Crippen molar-refractivity contribution in [2.24, 2.45) is 4.99 Å². The number of fused-ring (bicyclic) bond motifs is 1. The molecule has 3 aromatic rings. The molecule has 0 bridgehead atoms. The molecule has 2 N–H and O–H groups in total. The molecule has 12 heteroatoms. The van der Waals surface area contributed by atoms with Crippen LogP contribution >= 0.6 is 23.2 Å². The molecule has 0 saturated carbocycles. The standard InChI is InChI=1S/C26H23Cl2FN4O5/c1-3-37-19-13-14(27)12-16(28)20(19)22-15-6-4-5-7-18(15)31-25(35)23(32-22)33-24(34)21-17(29)8-9-30-26(21)38-11-10-36-2/h4-9,12-13,23H,3,10-11H2,1-2H3,(H,31,35)(H,33,34). The Hall–Kier alpha value is -3.73. The van der Waals surface area contributed by atoms with Gasteiger partial charge in [0.05, 0.1) is 35.2 Å². The molecule has 2 aromatic carbocycles. The zero-order valence-corrected chi connectivity index (χ0v) is 21.9. The van der Waals surface area contributed by atoms with E-state index in [9.17, 15) is 14.0 Å². The summed E-state index contributed by atoms with van der Waals surface area (Å²) in [5.41, 5.74) is 1.11. The Morgan fingerprint density at radius 3 is 2.71 bits per heavy atom. The number of hydrogen-bond acceptors (Lipinski definition) is 7. The lowest BCUT2D eigenvalue weighted by Crippen LogP contribution is -2.42. The second-order valence-corrected chi connectivity index (χ2v) is 8.74. The maximum absolute atomic E-state index is 14.7. The molecule has 1 atom stereocenters. The number of carbonyl (C=O) groups excluding carboxylic acids is 2. The number of anilines is 1. The highest BCUT2D eigenvalue weighted by molar-refractivity contribution is 6.39. The number of methoxy groups -OCH3 is 1. The minimum atomic E-state index is -1.47. The van der Waals surface area contributed by atoms with Crippen LogP contribution in [0.15, 0.2) is 53.7 Å². The van der Waals surface area contributed by atoms with Crippen LogP contribution in [0.3, 0.4) is 0 Å². The van der Waals surface area contributed by atoms with Crippen LogP contribution in [-0.2, 0) is 9.53 Å². The van der Waals surface area contributed by atoms with Crippen LogP contribution in [0, 0.1) is 5.82 Å². The third kappa shape index (κ3) is 5.88. The van der Waals surface area contributed by atoms with Gasteiger partial charge in [-0.25, -0.2) is 14.4 Å². The first-order chi connectivity index (χ1) is 18.3. The van der Waals surface area contributed by atoms with Crippen LogP contribution in [0.25, 0.3) is 0 Å². The number of benzodiazepines with no additional fused rings is 1. The summed E-state index contributed by atoms with van der Waals surface area (Å²) in [5.74, 6) is -2.41. The number of nitrogens with one attached hydrogen (secondary N) is 2. The van der Waals surface area contributed by atoms with E-state index in [2.05, 4.69) is 20.6 Å². The Kier molecular flexibility index (Phi) is 8.77. The molecule has 1 aliphatic rings. The van der Waals surface area contributed by atoms with Crippen LogP contribution in [0.1, 0.15) is 28.4 Å². The molecule has 9 nitrogen and oxygen atoms in total. The number of carbonyl (C=O) groups is 2. The maximum Gasteiger partial charge on any atom is 0.269 e. The number of aliphatic imine (C=N–C) groups is 1. The van der Waals surface area contributed by atoms with Crippen molar-refractivity contribution in [2.45, 2.75) is 13.1 Å². The van der Waals surface area contributed by atoms with Gasteiger partial charge < -0.3 is 24.8 Å². The molecule has 0 spiro atoms. The number of ether oxygens (including phenoxy) is 3. The van der Waals surface area contributed by atoms with Crippen molar-refractivity contribution in [1.82, 2.24) is 10.3 Å². The Morgan fingerprint density at radius 2 is 1.95 bits per heavy atom. The monoisotopic (exact) mass is 560 g/mol. The average Bonchev–Trinajstić information content (AvgIpc) is 3.00. The summed E-state index contributed by atoms with van der Waals surface area (Å²) in [5, 5.41) is 5.79. The number of hydrogen-bond donors (Lipinski definition) is 2. The van der Waals surface area contributed by atoms with E-state index in [0.717, 1.165) is 12.3 Å². The number of para-hydroxylation sites is 1. The Bertz CT molecular complexity index is 1400. The molecule has 0 fully saturated rings. The fourth-order valence-electron chi connectivity index (χ4n) is 3.76. The largest absolute Gasteiger partial charge is 0.493 e. The number of nitrogens with zero attached hydrogens (tertiary/aromatic N) is 2. The zero-order chi connectivity index (χ0) is 27.2. The molecule has 2 heterocycles. The fraction of sp³-hybridized carbons (Fsp3) is 0.231. The van der Waals surface area contributed by atoms with Gasteiger partial charge in [0.15, 0.2) is 0 Å². The van der Waals surface area contributed by atoms with E-state index in [4.69, 9.17) is 37.4 Å². The van der Waals surface area contributed by atoms with Gasteiger partial charge in [0, 0.05) is 23.9 Å². The van der Waals surface area contributed by atoms with E-state index in [1.165, 1.54) is 13.2 Å². The average molecular weight is 561 g/mol. The summed E-state index contributed by atoms with van der Waals surface area (Å²) in [4.78, 5) is 34.9. The van der Waals surface area contributed by atoms with Gasteiger partial charge in [0.25, 0.3) is 11.8 Å². The lowest BCUT2D eigenvalue weighted by atomic mass is 9.99. The Labute approximate surface area is 227 Å². The van der Waals surface area contributed by atoms with Gasteiger partial charge in [0.1, 0.15) is 23.7 Å². The fourth-order valence-corrected chi connectivity index (χ4v) is 4.32. The van der Waals surface area contributed by atoms with E-state index < -0.39 is 29.4 Å². The third-order valence-electron chi connectivity index (χ3n) is 5.39.